The molecule has 2 N–H and O–H groups in total. The van der Waals surface area contributed by atoms with Gasteiger partial charge in [0.2, 0.25) is 0 Å². The summed E-state index contributed by atoms with van der Waals surface area (Å²) in [7, 11) is 2.04. The zero-order valence-corrected chi connectivity index (χ0v) is 16.1. The highest BCUT2D eigenvalue weighted by molar-refractivity contribution is 5.49. The summed E-state index contributed by atoms with van der Waals surface area (Å²) >= 11 is 0. The van der Waals surface area contributed by atoms with Gasteiger partial charge < -0.3 is 19.9 Å². The number of rotatable bonds is 8. The molecule has 142 valence electrons. The number of nitrogens with one attached hydrogen (secondary N) is 2. The molecule has 0 unspecified atom stereocenters. The number of hydrogen-bond acceptors (Lipinski definition) is 6. The standard InChI is InChI=1S/C19H30N6O/c1-4-6-16(19-21-11-12-25(19)3)23-18-14-7-9-20-10-8-15(14)22-17(24-18)13-26-5-2/h11-12,16,20H,4-10,13H2,1-3H3,(H,22,23,24)/t16-/m0/s1. The van der Waals surface area contributed by atoms with Crippen LogP contribution in [-0.4, -0.2) is 39.2 Å². The topological polar surface area (TPSA) is 76.9 Å². The van der Waals surface area contributed by atoms with Crippen LogP contribution in [0.15, 0.2) is 12.4 Å². The number of fused-ring (bicyclic) bond motifs is 1. The Morgan fingerprint density at radius 1 is 1.27 bits per heavy atom. The van der Waals surface area contributed by atoms with Gasteiger partial charge in [-0.2, -0.15) is 0 Å². The predicted octanol–water partition coefficient (Wildman–Crippen LogP) is 2.39. The molecule has 1 aliphatic heterocycles. The lowest BCUT2D eigenvalue weighted by molar-refractivity contribution is 0.128. The van der Waals surface area contributed by atoms with Gasteiger partial charge in [-0.15, -0.1) is 0 Å². The molecule has 26 heavy (non-hydrogen) atoms. The van der Waals surface area contributed by atoms with E-state index in [1.165, 1.54) is 5.56 Å². The van der Waals surface area contributed by atoms with Crippen LogP contribution in [0.2, 0.25) is 0 Å². The van der Waals surface area contributed by atoms with E-state index in [0.717, 1.165) is 61.9 Å². The Balaban J connectivity index is 1.94. The molecule has 0 saturated carbocycles. The largest absolute Gasteiger partial charge is 0.374 e. The molecule has 0 aromatic carbocycles. The molecule has 0 aliphatic carbocycles. The number of aromatic nitrogens is 4. The smallest absolute Gasteiger partial charge is 0.156 e. The highest BCUT2D eigenvalue weighted by Gasteiger charge is 2.21. The third-order valence-electron chi connectivity index (χ3n) is 4.72. The van der Waals surface area contributed by atoms with Gasteiger partial charge in [-0.25, -0.2) is 15.0 Å². The summed E-state index contributed by atoms with van der Waals surface area (Å²) in [5.74, 6) is 2.73. The van der Waals surface area contributed by atoms with Gasteiger partial charge in [0, 0.05) is 44.6 Å². The number of anilines is 1. The van der Waals surface area contributed by atoms with Crippen molar-refractivity contribution in [2.75, 3.05) is 25.0 Å². The Morgan fingerprint density at radius 2 is 2.12 bits per heavy atom. The van der Waals surface area contributed by atoms with E-state index in [9.17, 15) is 0 Å². The molecule has 1 aliphatic rings. The first-order valence-electron chi connectivity index (χ1n) is 9.63. The Morgan fingerprint density at radius 3 is 2.85 bits per heavy atom. The van der Waals surface area contributed by atoms with Crippen molar-refractivity contribution in [1.29, 1.82) is 0 Å². The molecule has 3 rings (SSSR count). The summed E-state index contributed by atoms with van der Waals surface area (Å²) in [6, 6.07) is 0.134. The first-order valence-corrected chi connectivity index (χ1v) is 9.63. The molecular formula is C19H30N6O. The lowest BCUT2D eigenvalue weighted by atomic mass is 10.1. The molecule has 0 saturated heterocycles. The fourth-order valence-corrected chi connectivity index (χ4v) is 3.41. The zero-order valence-electron chi connectivity index (χ0n) is 16.1. The number of nitrogens with zero attached hydrogens (tertiary/aromatic N) is 4. The van der Waals surface area contributed by atoms with Crippen LogP contribution in [0.5, 0.6) is 0 Å². The molecule has 0 amide bonds. The summed E-state index contributed by atoms with van der Waals surface area (Å²) in [5, 5.41) is 7.13. The van der Waals surface area contributed by atoms with Gasteiger partial charge >= 0.3 is 0 Å². The van der Waals surface area contributed by atoms with Crippen LogP contribution in [0.4, 0.5) is 5.82 Å². The van der Waals surface area contributed by atoms with Gasteiger partial charge in [-0.05, 0) is 26.3 Å². The Bertz CT molecular complexity index is 714. The molecule has 1 atom stereocenters. The second-order valence-corrected chi connectivity index (χ2v) is 6.68. The van der Waals surface area contributed by atoms with Crippen molar-refractivity contribution in [2.45, 2.75) is 52.2 Å². The summed E-state index contributed by atoms with van der Waals surface area (Å²) in [5.41, 5.74) is 2.36. The van der Waals surface area contributed by atoms with Crippen molar-refractivity contribution in [3.63, 3.8) is 0 Å². The highest BCUT2D eigenvalue weighted by atomic mass is 16.5. The maximum atomic E-state index is 5.56. The first-order chi connectivity index (χ1) is 12.7. The van der Waals surface area contributed by atoms with Crippen molar-refractivity contribution in [3.05, 3.63) is 35.3 Å². The van der Waals surface area contributed by atoms with Gasteiger partial charge in [-0.1, -0.05) is 13.3 Å². The van der Waals surface area contributed by atoms with E-state index >= 15 is 0 Å². The third kappa shape index (κ3) is 4.40. The van der Waals surface area contributed by atoms with Crippen LogP contribution in [0, 0.1) is 0 Å². The molecule has 7 nitrogen and oxygen atoms in total. The summed E-state index contributed by atoms with van der Waals surface area (Å²) < 4.78 is 7.64. The lowest BCUT2D eigenvalue weighted by Gasteiger charge is -2.22. The summed E-state index contributed by atoms with van der Waals surface area (Å²) in [6.45, 7) is 7.21. The van der Waals surface area contributed by atoms with E-state index in [2.05, 4.69) is 27.1 Å². The fraction of sp³-hybridized carbons (Fsp3) is 0.632. The maximum absolute atomic E-state index is 5.56. The summed E-state index contributed by atoms with van der Waals surface area (Å²) in [4.78, 5) is 14.1. The zero-order chi connectivity index (χ0) is 18.4. The SMILES string of the molecule is CCC[C@H](Nc1nc(COCC)nc2c1CCNCC2)c1nccn1C. The van der Waals surface area contributed by atoms with E-state index in [-0.39, 0.29) is 6.04 Å². The fourth-order valence-electron chi connectivity index (χ4n) is 3.41. The molecule has 0 fully saturated rings. The van der Waals surface area contributed by atoms with Crippen molar-refractivity contribution < 1.29 is 4.74 Å². The van der Waals surface area contributed by atoms with Gasteiger partial charge in [0.1, 0.15) is 18.2 Å². The van der Waals surface area contributed by atoms with Crippen molar-refractivity contribution in [1.82, 2.24) is 24.8 Å². The van der Waals surface area contributed by atoms with Crippen molar-refractivity contribution in [3.8, 4) is 0 Å². The number of hydrogen-bond donors (Lipinski definition) is 2. The van der Waals surface area contributed by atoms with Crippen molar-refractivity contribution in [2.24, 2.45) is 7.05 Å². The number of aryl methyl sites for hydroxylation is 1. The van der Waals surface area contributed by atoms with Gasteiger partial charge in [0.15, 0.2) is 5.82 Å². The molecule has 2 aromatic heterocycles. The minimum atomic E-state index is 0.134. The van der Waals surface area contributed by atoms with Gasteiger partial charge in [0.05, 0.1) is 11.7 Å². The van der Waals surface area contributed by atoms with Crippen LogP contribution < -0.4 is 10.6 Å². The number of ether oxygens (including phenoxy) is 1. The first kappa shape index (κ1) is 18.8. The van der Waals surface area contributed by atoms with Crippen LogP contribution in [-0.2, 0) is 31.2 Å². The van der Waals surface area contributed by atoms with Crippen LogP contribution in [0.1, 0.15) is 55.6 Å². The van der Waals surface area contributed by atoms with Gasteiger partial charge in [0.25, 0.3) is 0 Å². The molecule has 0 radical (unpaired) electrons. The van der Waals surface area contributed by atoms with E-state index in [0.29, 0.717) is 13.2 Å². The monoisotopic (exact) mass is 358 g/mol. The molecule has 0 bridgehead atoms. The molecule has 2 aromatic rings. The second-order valence-electron chi connectivity index (χ2n) is 6.68. The lowest BCUT2D eigenvalue weighted by Crippen LogP contribution is -2.19. The Hall–Kier alpha value is -1.99. The molecule has 7 heteroatoms. The van der Waals surface area contributed by atoms with Gasteiger partial charge in [-0.3, -0.25) is 0 Å². The molecule has 3 heterocycles. The Labute approximate surface area is 155 Å². The average Bonchev–Trinajstić information content (AvgIpc) is 2.92. The molecular weight excluding hydrogens is 328 g/mol. The summed E-state index contributed by atoms with van der Waals surface area (Å²) in [6.07, 6.45) is 7.78. The third-order valence-corrected chi connectivity index (χ3v) is 4.72. The quantitative estimate of drug-likeness (QED) is 0.754. The predicted molar refractivity (Wildman–Crippen MR) is 102 cm³/mol. The van der Waals surface area contributed by atoms with E-state index in [1.54, 1.807) is 0 Å². The number of imidazole rings is 1. The highest BCUT2D eigenvalue weighted by Crippen LogP contribution is 2.26. The van der Waals surface area contributed by atoms with Crippen molar-refractivity contribution >= 4 is 5.82 Å². The maximum Gasteiger partial charge on any atom is 0.156 e. The van der Waals surface area contributed by atoms with E-state index in [4.69, 9.17) is 14.7 Å². The Kier molecular flexibility index (Phi) is 6.57. The van der Waals surface area contributed by atoms with E-state index < -0.39 is 0 Å². The van der Waals surface area contributed by atoms with Crippen LogP contribution >= 0.6 is 0 Å². The van der Waals surface area contributed by atoms with Crippen LogP contribution in [0.25, 0.3) is 0 Å². The average molecular weight is 358 g/mol. The van der Waals surface area contributed by atoms with E-state index in [1.807, 2.05) is 26.4 Å². The molecule has 0 spiro atoms. The second kappa shape index (κ2) is 9.09. The minimum Gasteiger partial charge on any atom is -0.374 e. The normalized spacial score (nSPS) is 15.3. The minimum absolute atomic E-state index is 0.134. The van der Waals surface area contributed by atoms with Crippen LogP contribution in [0.3, 0.4) is 0 Å².